The molecule has 0 bridgehead atoms. The molecule has 0 fully saturated rings. The van der Waals surface area contributed by atoms with Gasteiger partial charge in [0.1, 0.15) is 22.4 Å². The fourth-order valence-electron chi connectivity index (χ4n) is 4.89. The largest absolute Gasteiger partial charge is 0.488 e. The van der Waals surface area contributed by atoms with E-state index in [-0.39, 0.29) is 54.3 Å². The topological polar surface area (TPSA) is 154 Å². The molecule has 4 rings (SSSR count). The van der Waals surface area contributed by atoms with Crippen molar-refractivity contribution in [3.8, 4) is 5.75 Å². The highest BCUT2D eigenvalue weighted by Gasteiger charge is 2.35. The Balaban J connectivity index is 1.63. The van der Waals surface area contributed by atoms with Crippen LogP contribution in [-0.2, 0) is 21.2 Å². The Morgan fingerprint density at radius 2 is 1.86 bits per heavy atom. The Bertz CT molecular complexity index is 1510. The van der Waals surface area contributed by atoms with Gasteiger partial charge in [-0.2, -0.15) is 4.31 Å². The minimum atomic E-state index is -3.96. The molecule has 42 heavy (non-hydrogen) atoms. The number of anilines is 2. The molecule has 2 aromatic carbocycles. The second kappa shape index (κ2) is 12.9. The number of ether oxygens (including phenoxy) is 1. The van der Waals surface area contributed by atoms with Crippen LogP contribution in [0.1, 0.15) is 30.9 Å². The lowest BCUT2D eigenvalue weighted by molar-refractivity contribution is -0.134. The minimum absolute atomic E-state index is 0.0105. The molecule has 0 unspecified atom stereocenters. The number of likely N-dealkylation sites (N-methyl/N-ethyl adjacent to an activating group) is 1. The number of aryl methyl sites for hydroxylation is 2. The van der Waals surface area contributed by atoms with Gasteiger partial charge in [-0.25, -0.2) is 13.2 Å². The summed E-state index contributed by atoms with van der Waals surface area (Å²) in [5.41, 5.74) is 1.85. The number of aliphatic hydroxyl groups excluding tert-OH is 1. The standard InChI is InChI=1S/C29H37N5O7S/c1-18-15-34(19(2)17-35)27(36)14-22-13-24(31-29(37)30-23-9-7-6-8-10-23)11-12-25(22)40-26(18)16-33(5)42(38,39)28-20(3)32-41-21(28)4/h6-13,18-19,26,35H,14-17H2,1-5H3,(H2,30,31,37)/t18-,19-,26-/m0/s1. The maximum atomic E-state index is 13.5. The van der Waals surface area contributed by atoms with Crippen molar-refractivity contribution in [2.75, 3.05) is 37.4 Å². The number of carbonyl (C=O) groups excluding carboxylic acids is 2. The van der Waals surface area contributed by atoms with Gasteiger partial charge in [0.15, 0.2) is 5.76 Å². The summed E-state index contributed by atoms with van der Waals surface area (Å²) < 4.78 is 39.6. The SMILES string of the molecule is Cc1noc(C)c1S(=O)(=O)N(C)C[C@@H]1Oc2ccc(NC(=O)Nc3ccccc3)cc2CC(=O)N([C@@H](C)CO)C[C@@H]1C. The van der Waals surface area contributed by atoms with E-state index < -0.39 is 28.2 Å². The summed E-state index contributed by atoms with van der Waals surface area (Å²) in [5.74, 6) is 0.0519. The van der Waals surface area contributed by atoms with Gasteiger partial charge < -0.3 is 29.9 Å². The number of amides is 3. The number of rotatable bonds is 8. The molecule has 1 aromatic heterocycles. The number of nitrogens with zero attached hydrogens (tertiary/aromatic N) is 3. The molecule has 13 heteroatoms. The molecule has 3 aromatic rings. The fraction of sp³-hybridized carbons (Fsp3) is 0.414. The van der Waals surface area contributed by atoms with Gasteiger partial charge in [-0.3, -0.25) is 4.79 Å². The smallest absolute Gasteiger partial charge is 0.323 e. The average Bonchev–Trinajstić information content (AvgIpc) is 3.31. The third-order valence-corrected chi connectivity index (χ3v) is 9.35. The summed E-state index contributed by atoms with van der Waals surface area (Å²) >= 11 is 0. The van der Waals surface area contributed by atoms with E-state index in [1.54, 1.807) is 68.1 Å². The van der Waals surface area contributed by atoms with Crippen molar-refractivity contribution < 1.29 is 32.4 Å². The van der Waals surface area contributed by atoms with Gasteiger partial charge in [-0.05, 0) is 51.1 Å². The van der Waals surface area contributed by atoms with E-state index in [2.05, 4.69) is 15.8 Å². The van der Waals surface area contributed by atoms with Gasteiger partial charge in [0.25, 0.3) is 0 Å². The first kappa shape index (κ1) is 31.0. The highest BCUT2D eigenvalue weighted by atomic mass is 32.2. The zero-order valence-electron chi connectivity index (χ0n) is 24.3. The first-order valence-corrected chi connectivity index (χ1v) is 15.1. The maximum Gasteiger partial charge on any atom is 0.323 e. The lowest BCUT2D eigenvalue weighted by atomic mass is 10.0. The Morgan fingerprint density at radius 3 is 2.50 bits per heavy atom. The Hall–Kier alpha value is -3.94. The summed E-state index contributed by atoms with van der Waals surface area (Å²) in [7, 11) is -2.50. The lowest BCUT2D eigenvalue weighted by Gasteiger charge is -2.33. The molecular formula is C29H37N5O7S. The van der Waals surface area contributed by atoms with E-state index in [9.17, 15) is 23.1 Å². The molecule has 226 valence electrons. The molecule has 3 atom stereocenters. The summed E-state index contributed by atoms with van der Waals surface area (Å²) in [6, 6.07) is 13.0. The van der Waals surface area contributed by atoms with Gasteiger partial charge >= 0.3 is 6.03 Å². The van der Waals surface area contributed by atoms with Crippen molar-refractivity contribution in [3.05, 3.63) is 65.5 Å². The van der Waals surface area contributed by atoms with Gasteiger partial charge in [-0.15, -0.1) is 0 Å². The molecule has 3 N–H and O–H groups in total. The van der Waals surface area contributed by atoms with E-state index in [1.165, 1.54) is 11.4 Å². The van der Waals surface area contributed by atoms with Crippen LogP contribution in [0, 0.1) is 19.8 Å². The van der Waals surface area contributed by atoms with Crippen molar-refractivity contribution in [2.24, 2.45) is 5.92 Å². The predicted molar refractivity (Wildman–Crippen MR) is 157 cm³/mol. The van der Waals surface area contributed by atoms with Gasteiger partial charge in [0.05, 0.1) is 25.6 Å². The second-order valence-corrected chi connectivity index (χ2v) is 12.6. The molecule has 2 heterocycles. The minimum Gasteiger partial charge on any atom is -0.488 e. The molecule has 0 saturated carbocycles. The number of benzene rings is 2. The van der Waals surface area contributed by atoms with Crippen molar-refractivity contribution in [3.63, 3.8) is 0 Å². The molecule has 1 aliphatic rings. The zero-order valence-corrected chi connectivity index (χ0v) is 25.1. The number of carbonyl (C=O) groups is 2. The molecule has 0 radical (unpaired) electrons. The number of hydrogen-bond acceptors (Lipinski definition) is 8. The lowest BCUT2D eigenvalue weighted by Crippen LogP contribution is -2.48. The van der Waals surface area contributed by atoms with E-state index in [1.807, 2.05) is 13.0 Å². The Labute approximate surface area is 245 Å². The molecular weight excluding hydrogens is 562 g/mol. The molecule has 12 nitrogen and oxygen atoms in total. The predicted octanol–water partition coefficient (Wildman–Crippen LogP) is 3.41. The van der Waals surface area contributed by atoms with Gasteiger partial charge in [0, 0.05) is 36.4 Å². The average molecular weight is 600 g/mol. The number of urea groups is 1. The van der Waals surface area contributed by atoms with E-state index in [0.717, 1.165) is 0 Å². The van der Waals surface area contributed by atoms with Crippen LogP contribution in [0.5, 0.6) is 5.75 Å². The van der Waals surface area contributed by atoms with Crippen LogP contribution in [0.4, 0.5) is 16.2 Å². The fourth-order valence-corrected chi connectivity index (χ4v) is 6.36. The third-order valence-electron chi connectivity index (χ3n) is 7.28. The summed E-state index contributed by atoms with van der Waals surface area (Å²) in [5, 5.41) is 19.2. The third kappa shape index (κ3) is 6.92. The number of nitrogens with one attached hydrogen (secondary N) is 2. The molecule has 1 aliphatic heterocycles. The number of sulfonamides is 1. The van der Waals surface area contributed by atoms with Crippen molar-refractivity contribution in [1.82, 2.24) is 14.4 Å². The quantitative estimate of drug-likeness (QED) is 0.356. The summed E-state index contributed by atoms with van der Waals surface area (Å²) in [6.07, 6.45) is -0.703. The Kier molecular flexibility index (Phi) is 9.54. The summed E-state index contributed by atoms with van der Waals surface area (Å²) in [6.45, 7) is 6.71. The molecule has 0 spiro atoms. The van der Waals surface area contributed by atoms with Crippen LogP contribution in [0.25, 0.3) is 0 Å². The summed E-state index contributed by atoms with van der Waals surface area (Å²) in [4.78, 5) is 27.7. The first-order valence-electron chi connectivity index (χ1n) is 13.6. The molecule has 3 amide bonds. The normalized spacial score (nSPS) is 18.4. The van der Waals surface area contributed by atoms with Crippen molar-refractivity contribution in [2.45, 2.75) is 51.2 Å². The number of fused-ring (bicyclic) bond motifs is 1. The zero-order chi connectivity index (χ0) is 30.6. The van der Waals surface area contributed by atoms with Gasteiger partial charge in [0.2, 0.25) is 15.9 Å². The molecule has 0 aliphatic carbocycles. The van der Waals surface area contributed by atoms with E-state index in [4.69, 9.17) is 9.26 Å². The van der Waals surface area contributed by atoms with Crippen LogP contribution < -0.4 is 15.4 Å². The van der Waals surface area contributed by atoms with Crippen LogP contribution in [0.15, 0.2) is 57.9 Å². The van der Waals surface area contributed by atoms with Crippen molar-refractivity contribution >= 4 is 33.3 Å². The van der Waals surface area contributed by atoms with E-state index >= 15 is 0 Å². The highest BCUT2D eigenvalue weighted by molar-refractivity contribution is 7.89. The van der Waals surface area contributed by atoms with Crippen LogP contribution in [-0.4, -0.2) is 78.7 Å². The van der Waals surface area contributed by atoms with Crippen molar-refractivity contribution in [1.29, 1.82) is 0 Å². The van der Waals surface area contributed by atoms with E-state index in [0.29, 0.717) is 22.7 Å². The molecule has 0 saturated heterocycles. The Morgan fingerprint density at radius 1 is 1.17 bits per heavy atom. The maximum absolute atomic E-state index is 13.5. The highest BCUT2D eigenvalue weighted by Crippen LogP contribution is 2.30. The monoisotopic (exact) mass is 599 g/mol. The number of aliphatic hydroxyl groups is 1. The van der Waals surface area contributed by atoms with Crippen LogP contribution >= 0.6 is 0 Å². The number of hydrogen-bond donors (Lipinski definition) is 3. The van der Waals surface area contributed by atoms with Crippen LogP contribution in [0.2, 0.25) is 0 Å². The first-order chi connectivity index (χ1) is 19.9. The second-order valence-electron chi connectivity index (χ2n) is 10.6. The number of aromatic nitrogens is 1. The van der Waals surface area contributed by atoms with Gasteiger partial charge in [-0.1, -0.05) is 30.3 Å². The number of para-hydroxylation sites is 1. The van der Waals surface area contributed by atoms with Crippen LogP contribution in [0.3, 0.4) is 0 Å².